The molecular formula is C29H26N2O4S. The second kappa shape index (κ2) is 11.1. The lowest BCUT2D eigenvalue weighted by Gasteiger charge is -2.08. The van der Waals surface area contributed by atoms with Gasteiger partial charge in [0.25, 0.3) is 5.91 Å². The summed E-state index contributed by atoms with van der Waals surface area (Å²) in [4.78, 5) is 26.9. The van der Waals surface area contributed by atoms with Crippen molar-refractivity contribution in [1.82, 2.24) is 5.32 Å². The highest BCUT2D eigenvalue weighted by Gasteiger charge is 2.19. The highest BCUT2D eigenvalue weighted by Crippen LogP contribution is 2.36. The van der Waals surface area contributed by atoms with Gasteiger partial charge in [-0.3, -0.25) is 9.59 Å². The normalized spacial score (nSPS) is 11.8. The number of hydrogen-bond acceptors (Lipinski definition) is 5. The zero-order valence-corrected chi connectivity index (χ0v) is 20.5. The molecule has 4 aromatic rings. The van der Waals surface area contributed by atoms with E-state index in [-0.39, 0.29) is 25.0 Å². The molecule has 0 bridgehead atoms. The first-order valence-electron chi connectivity index (χ1n) is 11.9. The van der Waals surface area contributed by atoms with Gasteiger partial charge in [0.1, 0.15) is 5.00 Å². The number of amides is 2. The van der Waals surface area contributed by atoms with Crippen LogP contribution < -0.4 is 20.1 Å². The van der Waals surface area contributed by atoms with Crippen molar-refractivity contribution in [3.05, 3.63) is 102 Å². The minimum atomic E-state index is -0.199. The number of carbonyl (C=O) groups excluding carboxylic acids is 2. The number of hydrogen-bond donors (Lipinski definition) is 2. The molecule has 36 heavy (non-hydrogen) atoms. The lowest BCUT2D eigenvalue weighted by molar-refractivity contribution is -0.116. The molecule has 1 aliphatic heterocycles. The van der Waals surface area contributed by atoms with Gasteiger partial charge in [-0.25, -0.2) is 0 Å². The van der Waals surface area contributed by atoms with Crippen LogP contribution in [-0.4, -0.2) is 25.2 Å². The van der Waals surface area contributed by atoms with E-state index >= 15 is 0 Å². The molecule has 7 heteroatoms. The molecule has 0 saturated carbocycles. The molecular weight excluding hydrogens is 472 g/mol. The van der Waals surface area contributed by atoms with Crippen molar-refractivity contribution in [2.75, 3.05) is 18.7 Å². The van der Waals surface area contributed by atoms with Gasteiger partial charge in [0.05, 0.1) is 5.56 Å². The monoisotopic (exact) mass is 498 g/mol. The highest BCUT2D eigenvalue weighted by molar-refractivity contribution is 7.20. The SMILES string of the molecule is O=C(CCc1ccc2c(c1)OCO2)Nc1sc(-c2ccccc2)cc1C(=O)NCCc1ccccc1. The van der Waals surface area contributed by atoms with E-state index in [0.717, 1.165) is 33.7 Å². The standard InChI is InChI=1S/C29H26N2O4S/c32-27(14-12-21-11-13-24-25(17-21)35-19-34-24)31-29-23(18-26(36-29)22-9-5-2-6-10-22)28(33)30-16-15-20-7-3-1-4-8-20/h1-11,13,17-18H,12,14-16,19H2,(H,30,33)(H,31,32). The molecule has 3 aromatic carbocycles. The number of fused-ring (bicyclic) bond motifs is 1. The fourth-order valence-corrected chi connectivity index (χ4v) is 5.08. The lowest BCUT2D eigenvalue weighted by atomic mass is 10.1. The molecule has 2 N–H and O–H groups in total. The zero-order chi connectivity index (χ0) is 24.7. The maximum Gasteiger partial charge on any atom is 0.254 e. The molecule has 1 aliphatic rings. The smallest absolute Gasteiger partial charge is 0.254 e. The average Bonchev–Trinajstić information content (AvgIpc) is 3.55. The predicted molar refractivity (Wildman–Crippen MR) is 142 cm³/mol. The van der Waals surface area contributed by atoms with Crippen LogP contribution >= 0.6 is 11.3 Å². The Morgan fingerprint density at radius 2 is 1.56 bits per heavy atom. The molecule has 0 unspecified atom stereocenters. The summed E-state index contributed by atoms with van der Waals surface area (Å²) < 4.78 is 10.8. The number of ether oxygens (including phenoxy) is 2. The summed E-state index contributed by atoms with van der Waals surface area (Å²) in [6, 6.07) is 27.4. The lowest BCUT2D eigenvalue weighted by Crippen LogP contribution is -2.26. The van der Waals surface area contributed by atoms with Gasteiger partial charge in [-0.05, 0) is 47.7 Å². The number of carbonyl (C=O) groups is 2. The van der Waals surface area contributed by atoms with Crippen molar-refractivity contribution in [3.8, 4) is 21.9 Å². The van der Waals surface area contributed by atoms with Crippen LogP contribution in [0.4, 0.5) is 5.00 Å². The van der Waals surface area contributed by atoms with Crippen LogP contribution in [0.1, 0.15) is 27.9 Å². The largest absolute Gasteiger partial charge is 0.454 e. The second-order valence-electron chi connectivity index (χ2n) is 8.45. The van der Waals surface area contributed by atoms with Gasteiger partial charge < -0.3 is 20.1 Å². The Kier molecular flexibility index (Phi) is 7.28. The van der Waals surface area contributed by atoms with E-state index in [9.17, 15) is 9.59 Å². The molecule has 5 rings (SSSR count). The second-order valence-corrected chi connectivity index (χ2v) is 9.50. The van der Waals surface area contributed by atoms with Crippen molar-refractivity contribution in [2.45, 2.75) is 19.3 Å². The van der Waals surface area contributed by atoms with Crippen molar-refractivity contribution < 1.29 is 19.1 Å². The van der Waals surface area contributed by atoms with Gasteiger partial charge in [0.15, 0.2) is 11.5 Å². The number of thiophene rings is 1. The van der Waals surface area contributed by atoms with Gasteiger partial charge in [0.2, 0.25) is 12.7 Å². The van der Waals surface area contributed by atoms with Crippen LogP contribution in [0.3, 0.4) is 0 Å². The number of nitrogens with one attached hydrogen (secondary N) is 2. The van der Waals surface area contributed by atoms with E-state index in [0.29, 0.717) is 29.3 Å². The van der Waals surface area contributed by atoms with E-state index < -0.39 is 0 Å². The van der Waals surface area contributed by atoms with Crippen molar-refractivity contribution >= 4 is 28.2 Å². The number of rotatable bonds is 9. The van der Waals surface area contributed by atoms with Gasteiger partial charge in [-0.2, -0.15) is 0 Å². The predicted octanol–water partition coefficient (Wildman–Crippen LogP) is 5.69. The molecule has 0 saturated heterocycles. The summed E-state index contributed by atoms with van der Waals surface area (Å²) in [5.41, 5.74) is 3.62. The summed E-state index contributed by atoms with van der Waals surface area (Å²) in [6.07, 6.45) is 1.57. The third kappa shape index (κ3) is 5.75. The molecule has 2 amide bonds. The van der Waals surface area contributed by atoms with Crippen LogP contribution in [0, 0.1) is 0 Å². The summed E-state index contributed by atoms with van der Waals surface area (Å²) >= 11 is 1.41. The van der Waals surface area contributed by atoms with Crippen molar-refractivity contribution in [1.29, 1.82) is 0 Å². The van der Waals surface area contributed by atoms with Gasteiger partial charge in [-0.15, -0.1) is 11.3 Å². The summed E-state index contributed by atoms with van der Waals surface area (Å²) in [6.45, 7) is 0.731. The van der Waals surface area contributed by atoms with Crippen LogP contribution in [0.5, 0.6) is 11.5 Å². The van der Waals surface area contributed by atoms with Gasteiger partial charge in [-0.1, -0.05) is 66.7 Å². The first-order chi connectivity index (χ1) is 17.7. The van der Waals surface area contributed by atoms with E-state index in [1.54, 1.807) is 0 Å². The Bertz CT molecular complexity index is 1350. The molecule has 6 nitrogen and oxygen atoms in total. The summed E-state index contributed by atoms with van der Waals surface area (Å²) in [5.74, 6) is 1.08. The number of aryl methyl sites for hydroxylation is 1. The fraction of sp³-hybridized carbons (Fsp3) is 0.172. The van der Waals surface area contributed by atoms with Crippen LogP contribution in [0.25, 0.3) is 10.4 Å². The minimum Gasteiger partial charge on any atom is -0.454 e. The zero-order valence-electron chi connectivity index (χ0n) is 19.7. The Hall–Kier alpha value is -4.10. The van der Waals surface area contributed by atoms with Crippen molar-refractivity contribution in [3.63, 3.8) is 0 Å². The van der Waals surface area contributed by atoms with Crippen molar-refractivity contribution in [2.24, 2.45) is 0 Å². The van der Waals surface area contributed by atoms with E-state index in [4.69, 9.17) is 9.47 Å². The van der Waals surface area contributed by atoms with E-state index in [1.807, 2.05) is 84.9 Å². The molecule has 182 valence electrons. The van der Waals surface area contributed by atoms with E-state index in [2.05, 4.69) is 10.6 Å². The summed E-state index contributed by atoms with van der Waals surface area (Å²) in [7, 11) is 0. The van der Waals surface area contributed by atoms with E-state index in [1.165, 1.54) is 11.3 Å². The Morgan fingerprint density at radius 3 is 2.36 bits per heavy atom. The number of anilines is 1. The maximum absolute atomic E-state index is 13.1. The van der Waals surface area contributed by atoms with Crippen LogP contribution in [0.15, 0.2) is 84.9 Å². The molecule has 1 aromatic heterocycles. The molecule has 2 heterocycles. The first kappa shape index (κ1) is 23.6. The molecule has 0 radical (unpaired) electrons. The number of benzene rings is 3. The minimum absolute atomic E-state index is 0.146. The third-order valence-electron chi connectivity index (χ3n) is 5.91. The van der Waals surface area contributed by atoms with Crippen LogP contribution in [0.2, 0.25) is 0 Å². The maximum atomic E-state index is 13.1. The Morgan fingerprint density at radius 1 is 0.806 bits per heavy atom. The Labute approximate surface area is 213 Å². The molecule has 0 fully saturated rings. The average molecular weight is 499 g/mol. The van der Waals surface area contributed by atoms with Crippen LogP contribution in [-0.2, 0) is 17.6 Å². The highest BCUT2D eigenvalue weighted by atomic mass is 32.1. The van der Waals surface area contributed by atoms with Gasteiger partial charge in [0, 0.05) is 17.8 Å². The fourth-order valence-electron chi connectivity index (χ4n) is 4.00. The third-order valence-corrected chi connectivity index (χ3v) is 7.01. The molecule has 0 aliphatic carbocycles. The quantitative estimate of drug-likeness (QED) is 0.311. The van der Waals surface area contributed by atoms with Gasteiger partial charge >= 0.3 is 0 Å². The molecule has 0 spiro atoms. The Balaban J connectivity index is 1.26. The topological polar surface area (TPSA) is 76.7 Å². The molecule has 0 atom stereocenters. The summed E-state index contributed by atoms with van der Waals surface area (Å²) in [5, 5.41) is 6.53. The first-order valence-corrected chi connectivity index (χ1v) is 12.7.